The van der Waals surface area contributed by atoms with Crippen LogP contribution in [0.5, 0.6) is 0 Å². The molecule has 2 N–H and O–H groups in total. The van der Waals surface area contributed by atoms with Crippen molar-refractivity contribution in [1.29, 1.82) is 0 Å². The van der Waals surface area contributed by atoms with E-state index in [0.717, 1.165) is 48.1 Å². The third kappa shape index (κ3) is 5.54. The van der Waals surface area contributed by atoms with Crippen LogP contribution in [0, 0.1) is 5.92 Å². The number of pyridine rings is 1. The van der Waals surface area contributed by atoms with Gasteiger partial charge in [0.2, 0.25) is 11.8 Å². The molecule has 0 radical (unpaired) electrons. The van der Waals surface area contributed by atoms with Crippen LogP contribution in [0.25, 0.3) is 10.9 Å². The summed E-state index contributed by atoms with van der Waals surface area (Å²) in [7, 11) is 0. The molecule has 192 valence electrons. The number of nitrogens with two attached hydrogens (primary N) is 1. The Morgan fingerprint density at radius 2 is 1.70 bits per heavy atom. The van der Waals surface area contributed by atoms with Crippen molar-refractivity contribution in [3.8, 4) is 0 Å². The lowest BCUT2D eigenvalue weighted by Crippen LogP contribution is -2.53. The van der Waals surface area contributed by atoms with Crippen molar-refractivity contribution >= 4 is 45.9 Å². The predicted molar refractivity (Wildman–Crippen MR) is 144 cm³/mol. The van der Waals surface area contributed by atoms with E-state index in [9.17, 15) is 14.4 Å². The first-order valence-corrected chi connectivity index (χ1v) is 13.0. The van der Waals surface area contributed by atoms with E-state index < -0.39 is 5.91 Å². The molecule has 1 aromatic heterocycles. The summed E-state index contributed by atoms with van der Waals surface area (Å²) in [5, 5.41) is 1.71. The summed E-state index contributed by atoms with van der Waals surface area (Å²) in [4.78, 5) is 48.1. The van der Waals surface area contributed by atoms with Crippen molar-refractivity contribution in [3.63, 3.8) is 0 Å². The molecular weight excluding hydrogens is 490 g/mol. The Labute approximate surface area is 221 Å². The molecule has 1 atom stereocenters. The van der Waals surface area contributed by atoms with Crippen LogP contribution >= 0.6 is 11.6 Å². The molecule has 0 bridgehead atoms. The molecule has 3 heterocycles. The number of piperazine rings is 1. The Bertz CT molecular complexity index is 1320. The summed E-state index contributed by atoms with van der Waals surface area (Å²) in [6, 6.07) is 14.7. The highest BCUT2D eigenvalue weighted by molar-refractivity contribution is 6.31. The third-order valence-electron chi connectivity index (χ3n) is 7.25. The number of anilines is 1. The first kappa shape index (κ1) is 25.0. The first-order valence-electron chi connectivity index (χ1n) is 12.6. The zero-order valence-electron chi connectivity index (χ0n) is 20.6. The molecule has 3 aromatic rings. The molecule has 37 heavy (non-hydrogen) atoms. The van der Waals surface area contributed by atoms with Gasteiger partial charge < -0.3 is 20.4 Å². The largest absolute Gasteiger partial charge is 0.369 e. The van der Waals surface area contributed by atoms with Crippen LogP contribution < -0.4 is 10.6 Å². The molecule has 2 aliphatic rings. The fourth-order valence-electron chi connectivity index (χ4n) is 5.32. The Morgan fingerprint density at radius 1 is 0.946 bits per heavy atom. The van der Waals surface area contributed by atoms with Gasteiger partial charge in [-0.1, -0.05) is 23.7 Å². The second-order valence-electron chi connectivity index (χ2n) is 9.73. The summed E-state index contributed by atoms with van der Waals surface area (Å²) < 4.78 is 0. The Kier molecular flexibility index (Phi) is 7.28. The molecular formula is C28H30ClN5O3. The lowest BCUT2D eigenvalue weighted by Gasteiger charge is -2.40. The number of likely N-dealkylation sites (tertiary alicyclic amines) is 1. The fourth-order valence-corrected chi connectivity index (χ4v) is 5.49. The molecule has 9 heteroatoms. The average Bonchev–Trinajstić information content (AvgIpc) is 2.92. The van der Waals surface area contributed by atoms with Gasteiger partial charge in [-0.25, -0.2) is 0 Å². The molecule has 5 rings (SSSR count). The van der Waals surface area contributed by atoms with Gasteiger partial charge in [0.05, 0.1) is 17.9 Å². The number of hydrogen-bond donors (Lipinski definition) is 1. The minimum atomic E-state index is -0.406. The zero-order chi connectivity index (χ0) is 25.9. The van der Waals surface area contributed by atoms with Crippen LogP contribution in [0.2, 0.25) is 5.02 Å². The molecule has 1 unspecified atom stereocenters. The van der Waals surface area contributed by atoms with Gasteiger partial charge in [-0.3, -0.25) is 19.4 Å². The molecule has 0 spiro atoms. The Hall–Kier alpha value is -3.65. The number of carbonyl (C=O) groups is 3. The Morgan fingerprint density at radius 3 is 2.43 bits per heavy atom. The Balaban J connectivity index is 1.19. The summed E-state index contributed by atoms with van der Waals surface area (Å²) in [6.45, 7) is 3.82. The molecule has 3 amide bonds. The maximum Gasteiger partial charge on any atom is 0.253 e. The molecule has 8 nitrogen and oxygen atoms in total. The van der Waals surface area contributed by atoms with Gasteiger partial charge in [-0.05, 0) is 54.8 Å². The SMILES string of the molecule is NC(=O)Cc1ccc(C(=O)N2CCCC(C(=O)N3CCN(c4ccnc5cc(Cl)ccc45)CC3)C2)cc1. The number of primary amides is 1. The number of hydrogen-bond acceptors (Lipinski definition) is 5. The van der Waals surface area contributed by atoms with Crippen LogP contribution in [0.1, 0.15) is 28.8 Å². The van der Waals surface area contributed by atoms with E-state index in [2.05, 4.69) is 9.88 Å². The van der Waals surface area contributed by atoms with Crippen molar-refractivity contribution in [3.05, 3.63) is 70.9 Å². The number of piperidine rings is 1. The number of benzene rings is 2. The minimum Gasteiger partial charge on any atom is -0.369 e. The van der Waals surface area contributed by atoms with E-state index in [0.29, 0.717) is 36.8 Å². The third-order valence-corrected chi connectivity index (χ3v) is 7.49. The van der Waals surface area contributed by atoms with Gasteiger partial charge >= 0.3 is 0 Å². The predicted octanol–water partition coefficient (Wildman–Crippen LogP) is 3.12. The number of amides is 3. The number of fused-ring (bicyclic) bond motifs is 1. The van der Waals surface area contributed by atoms with Gasteiger partial charge in [0.15, 0.2) is 0 Å². The smallest absolute Gasteiger partial charge is 0.253 e. The van der Waals surface area contributed by atoms with Crippen LogP contribution in [0.15, 0.2) is 54.7 Å². The van der Waals surface area contributed by atoms with Gasteiger partial charge in [-0.2, -0.15) is 0 Å². The van der Waals surface area contributed by atoms with Gasteiger partial charge in [0.1, 0.15) is 0 Å². The van der Waals surface area contributed by atoms with Gasteiger partial charge in [0, 0.05) is 67.1 Å². The van der Waals surface area contributed by atoms with Crippen molar-refractivity contribution in [1.82, 2.24) is 14.8 Å². The van der Waals surface area contributed by atoms with Crippen LogP contribution in [-0.2, 0) is 16.0 Å². The molecule has 2 saturated heterocycles. The van der Waals surface area contributed by atoms with Crippen molar-refractivity contribution in [2.45, 2.75) is 19.3 Å². The van der Waals surface area contributed by atoms with Crippen molar-refractivity contribution in [2.75, 3.05) is 44.2 Å². The van der Waals surface area contributed by atoms with E-state index in [1.54, 1.807) is 35.4 Å². The molecule has 2 fully saturated rings. The maximum absolute atomic E-state index is 13.4. The number of carbonyl (C=O) groups excluding carboxylic acids is 3. The number of aromatic nitrogens is 1. The van der Waals surface area contributed by atoms with E-state index in [4.69, 9.17) is 17.3 Å². The molecule has 0 aliphatic carbocycles. The molecule has 0 saturated carbocycles. The van der Waals surface area contributed by atoms with E-state index in [1.165, 1.54) is 0 Å². The number of halogens is 1. The summed E-state index contributed by atoms with van der Waals surface area (Å²) in [5.74, 6) is -0.559. The minimum absolute atomic E-state index is 0.0855. The average molecular weight is 520 g/mol. The molecule has 2 aliphatic heterocycles. The van der Waals surface area contributed by atoms with Crippen LogP contribution in [0.3, 0.4) is 0 Å². The zero-order valence-corrected chi connectivity index (χ0v) is 21.4. The summed E-state index contributed by atoms with van der Waals surface area (Å²) in [6.07, 6.45) is 3.53. The normalized spacial score (nSPS) is 18.2. The lowest BCUT2D eigenvalue weighted by molar-refractivity contribution is -0.137. The van der Waals surface area contributed by atoms with E-state index in [-0.39, 0.29) is 24.2 Å². The molecule has 2 aromatic carbocycles. The highest BCUT2D eigenvalue weighted by Gasteiger charge is 2.33. The topological polar surface area (TPSA) is 99.8 Å². The monoisotopic (exact) mass is 519 g/mol. The van der Waals surface area contributed by atoms with Gasteiger partial charge in [-0.15, -0.1) is 0 Å². The standard InChI is InChI=1S/C28H30ClN5O3/c29-22-7-8-23-24(17-22)31-10-9-25(23)32-12-14-33(15-13-32)28(37)21-2-1-11-34(18-21)27(36)20-5-3-19(4-6-20)16-26(30)35/h3-10,17,21H,1-2,11-16,18H2,(H2,30,35). The number of nitrogens with zero attached hydrogens (tertiary/aromatic N) is 4. The highest BCUT2D eigenvalue weighted by atomic mass is 35.5. The van der Waals surface area contributed by atoms with Crippen LogP contribution in [-0.4, -0.2) is 71.8 Å². The number of rotatable bonds is 5. The quantitative estimate of drug-likeness (QED) is 0.558. The first-order chi connectivity index (χ1) is 17.9. The lowest BCUT2D eigenvalue weighted by atomic mass is 9.95. The summed E-state index contributed by atoms with van der Waals surface area (Å²) >= 11 is 6.13. The van der Waals surface area contributed by atoms with E-state index in [1.807, 2.05) is 29.2 Å². The maximum atomic E-state index is 13.4. The van der Waals surface area contributed by atoms with E-state index >= 15 is 0 Å². The second kappa shape index (κ2) is 10.8. The summed E-state index contributed by atoms with van der Waals surface area (Å²) in [5.41, 5.74) is 8.54. The highest BCUT2D eigenvalue weighted by Crippen LogP contribution is 2.29. The fraction of sp³-hybridized carbons (Fsp3) is 0.357. The van der Waals surface area contributed by atoms with Crippen molar-refractivity contribution in [2.24, 2.45) is 11.7 Å². The van der Waals surface area contributed by atoms with Crippen molar-refractivity contribution < 1.29 is 14.4 Å². The van der Waals surface area contributed by atoms with Gasteiger partial charge in [0.25, 0.3) is 5.91 Å². The second-order valence-corrected chi connectivity index (χ2v) is 10.2. The van der Waals surface area contributed by atoms with Crippen LogP contribution in [0.4, 0.5) is 5.69 Å².